The number of hydrogen-bond acceptors (Lipinski definition) is 3. The summed E-state index contributed by atoms with van der Waals surface area (Å²) >= 11 is 5.68. The minimum atomic E-state index is -0.637. The second kappa shape index (κ2) is 6.83. The Morgan fingerprint density at radius 1 is 1.35 bits per heavy atom. The van der Waals surface area contributed by atoms with Crippen LogP contribution in [0.15, 0.2) is 18.2 Å². The molecular weight excluding hydrogens is 323 g/mol. The van der Waals surface area contributed by atoms with E-state index in [-0.39, 0.29) is 28.6 Å². The number of carbonyl (C=O) groups excluding carboxylic acids is 2. The molecule has 0 radical (unpaired) electrons. The molecule has 0 aliphatic heterocycles. The van der Waals surface area contributed by atoms with Crippen LogP contribution in [-0.2, 0) is 4.74 Å². The van der Waals surface area contributed by atoms with Gasteiger partial charge in [0.1, 0.15) is 11.5 Å². The van der Waals surface area contributed by atoms with Gasteiger partial charge in [0.2, 0.25) is 0 Å². The summed E-state index contributed by atoms with van der Waals surface area (Å²) < 4.78 is 18.7. The number of nitrogens with one attached hydrogen (secondary N) is 2. The lowest BCUT2D eigenvalue weighted by molar-refractivity contribution is 0.0519. The predicted octanol–water partition coefficient (Wildman–Crippen LogP) is 3.85. The molecule has 0 unspecified atom stereocenters. The van der Waals surface area contributed by atoms with Crippen LogP contribution in [0.3, 0.4) is 0 Å². The van der Waals surface area contributed by atoms with E-state index in [0.29, 0.717) is 11.3 Å². The van der Waals surface area contributed by atoms with Crippen LogP contribution in [0.25, 0.3) is 0 Å². The van der Waals surface area contributed by atoms with E-state index in [1.807, 2.05) is 0 Å². The zero-order valence-electron chi connectivity index (χ0n) is 12.9. The smallest absolute Gasteiger partial charge is 0.355 e. The average molecular weight is 339 g/mol. The normalized spacial score (nSPS) is 10.5. The number of aryl methyl sites for hydroxylation is 1. The lowest BCUT2D eigenvalue weighted by Crippen LogP contribution is -2.15. The van der Waals surface area contributed by atoms with E-state index in [1.54, 1.807) is 20.8 Å². The van der Waals surface area contributed by atoms with Crippen molar-refractivity contribution in [2.75, 3.05) is 11.9 Å². The Balaban J connectivity index is 2.31. The Morgan fingerprint density at radius 2 is 2.04 bits per heavy atom. The summed E-state index contributed by atoms with van der Waals surface area (Å²) in [6.45, 7) is 5.21. The lowest BCUT2D eigenvalue weighted by atomic mass is 10.1. The van der Waals surface area contributed by atoms with Gasteiger partial charge in [-0.2, -0.15) is 0 Å². The first kappa shape index (κ1) is 17.0. The quantitative estimate of drug-likeness (QED) is 0.832. The third-order valence-electron chi connectivity index (χ3n) is 3.32. The molecule has 0 fully saturated rings. The second-order valence-electron chi connectivity index (χ2n) is 4.92. The predicted molar refractivity (Wildman–Crippen MR) is 85.6 cm³/mol. The maximum absolute atomic E-state index is 13.8. The van der Waals surface area contributed by atoms with Crippen LogP contribution in [-0.4, -0.2) is 23.5 Å². The van der Waals surface area contributed by atoms with Crippen molar-refractivity contribution in [3.8, 4) is 0 Å². The van der Waals surface area contributed by atoms with E-state index < -0.39 is 17.7 Å². The highest BCUT2D eigenvalue weighted by Crippen LogP contribution is 2.23. The summed E-state index contributed by atoms with van der Waals surface area (Å²) in [5.74, 6) is -1.69. The molecule has 1 aromatic carbocycles. The third-order valence-corrected chi connectivity index (χ3v) is 3.56. The van der Waals surface area contributed by atoms with Gasteiger partial charge in [0.25, 0.3) is 5.91 Å². The summed E-state index contributed by atoms with van der Waals surface area (Å²) in [6.07, 6.45) is 0. The van der Waals surface area contributed by atoms with E-state index in [0.717, 1.165) is 6.07 Å². The van der Waals surface area contributed by atoms with Gasteiger partial charge in [0, 0.05) is 10.7 Å². The van der Waals surface area contributed by atoms with E-state index in [1.165, 1.54) is 12.1 Å². The van der Waals surface area contributed by atoms with Crippen molar-refractivity contribution >= 4 is 29.2 Å². The minimum Gasteiger partial charge on any atom is -0.461 e. The Kier molecular flexibility index (Phi) is 5.05. The Bertz CT molecular complexity index is 771. The van der Waals surface area contributed by atoms with Crippen molar-refractivity contribution in [2.45, 2.75) is 20.8 Å². The van der Waals surface area contributed by atoms with Crippen LogP contribution >= 0.6 is 11.6 Å². The summed E-state index contributed by atoms with van der Waals surface area (Å²) in [7, 11) is 0. The van der Waals surface area contributed by atoms with Gasteiger partial charge < -0.3 is 15.0 Å². The van der Waals surface area contributed by atoms with Crippen LogP contribution in [0.5, 0.6) is 0 Å². The number of esters is 1. The highest BCUT2D eigenvalue weighted by Gasteiger charge is 2.23. The summed E-state index contributed by atoms with van der Waals surface area (Å²) in [5.41, 5.74) is 1.45. The van der Waals surface area contributed by atoms with E-state index >= 15 is 0 Å². The maximum Gasteiger partial charge on any atom is 0.355 e. The van der Waals surface area contributed by atoms with E-state index in [2.05, 4.69) is 10.3 Å². The number of carbonyl (C=O) groups is 2. The molecular formula is C16H16ClFN2O3. The van der Waals surface area contributed by atoms with Crippen LogP contribution < -0.4 is 5.32 Å². The highest BCUT2D eigenvalue weighted by atomic mass is 35.5. The monoisotopic (exact) mass is 338 g/mol. The molecule has 1 heterocycles. The molecule has 2 N–H and O–H groups in total. The third kappa shape index (κ3) is 3.53. The number of halogens is 2. The van der Waals surface area contributed by atoms with E-state index in [9.17, 15) is 14.0 Å². The number of hydrogen-bond donors (Lipinski definition) is 2. The van der Waals surface area contributed by atoms with Gasteiger partial charge >= 0.3 is 5.97 Å². The zero-order valence-corrected chi connectivity index (χ0v) is 13.7. The number of anilines is 1. The van der Waals surface area contributed by atoms with Crippen molar-refractivity contribution in [1.82, 2.24) is 4.98 Å². The molecule has 7 heteroatoms. The Hall–Kier alpha value is -2.34. The first-order valence-corrected chi connectivity index (χ1v) is 7.35. The van der Waals surface area contributed by atoms with Crippen molar-refractivity contribution in [3.63, 3.8) is 0 Å². The molecule has 0 spiro atoms. The zero-order chi connectivity index (χ0) is 17.1. The highest BCUT2D eigenvalue weighted by molar-refractivity contribution is 6.30. The van der Waals surface area contributed by atoms with Gasteiger partial charge in [0.15, 0.2) is 0 Å². The fourth-order valence-corrected chi connectivity index (χ4v) is 2.43. The van der Waals surface area contributed by atoms with Crippen molar-refractivity contribution < 1.29 is 18.7 Å². The van der Waals surface area contributed by atoms with Crippen LogP contribution in [0, 0.1) is 19.7 Å². The van der Waals surface area contributed by atoms with Gasteiger partial charge in [-0.05, 0) is 44.5 Å². The Labute approximate surface area is 137 Å². The SMILES string of the molecule is CCOC(=O)c1[nH]c(C)c(C(=O)Nc2ccc(Cl)cc2F)c1C. The molecule has 0 atom stereocenters. The fraction of sp³-hybridized carbons (Fsp3) is 0.250. The summed E-state index contributed by atoms with van der Waals surface area (Å²) in [5, 5.41) is 2.71. The van der Waals surface area contributed by atoms with Gasteiger partial charge in [-0.3, -0.25) is 4.79 Å². The number of amides is 1. The van der Waals surface area contributed by atoms with E-state index in [4.69, 9.17) is 16.3 Å². The number of aromatic amines is 1. The van der Waals surface area contributed by atoms with Crippen molar-refractivity contribution in [2.24, 2.45) is 0 Å². The first-order valence-electron chi connectivity index (χ1n) is 6.97. The van der Waals surface area contributed by atoms with Gasteiger partial charge in [-0.25, -0.2) is 9.18 Å². The summed E-state index contributed by atoms with van der Waals surface area (Å²) in [4.78, 5) is 27.1. The van der Waals surface area contributed by atoms with Crippen LogP contribution in [0.1, 0.15) is 39.0 Å². The number of rotatable bonds is 4. The molecule has 23 heavy (non-hydrogen) atoms. The van der Waals surface area contributed by atoms with Gasteiger partial charge in [0.05, 0.1) is 17.9 Å². The summed E-state index contributed by atoms with van der Waals surface area (Å²) in [6, 6.07) is 3.96. The van der Waals surface area contributed by atoms with Crippen molar-refractivity contribution in [1.29, 1.82) is 0 Å². The molecule has 0 aliphatic carbocycles. The number of H-pyrrole nitrogens is 1. The van der Waals surface area contributed by atoms with Crippen molar-refractivity contribution in [3.05, 3.63) is 51.6 Å². The molecule has 0 aliphatic rings. The topological polar surface area (TPSA) is 71.2 Å². The molecule has 2 aromatic rings. The Morgan fingerprint density at radius 3 is 2.65 bits per heavy atom. The number of benzene rings is 1. The van der Waals surface area contributed by atoms with Crippen LogP contribution in [0.4, 0.5) is 10.1 Å². The molecule has 122 valence electrons. The molecule has 0 bridgehead atoms. The molecule has 2 rings (SSSR count). The van der Waals surface area contributed by atoms with Gasteiger partial charge in [-0.15, -0.1) is 0 Å². The molecule has 5 nitrogen and oxygen atoms in total. The average Bonchev–Trinajstić information content (AvgIpc) is 2.77. The maximum atomic E-state index is 13.8. The number of aromatic nitrogens is 1. The standard InChI is InChI=1S/C16H16ClFN2O3/c1-4-23-16(22)14-8(2)13(9(3)19-14)15(21)20-12-6-5-10(17)7-11(12)18/h5-7,19H,4H2,1-3H3,(H,20,21). The largest absolute Gasteiger partial charge is 0.461 e. The van der Waals surface area contributed by atoms with Gasteiger partial charge in [-0.1, -0.05) is 11.6 Å². The minimum absolute atomic E-state index is 0.0112. The molecule has 0 saturated carbocycles. The molecule has 1 amide bonds. The lowest BCUT2D eigenvalue weighted by Gasteiger charge is -2.07. The molecule has 0 saturated heterocycles. The fourth-order valence-electron chi connectivity index (χ4n) is 2.27. The molecule has 1 aromatic heterocycles. The van der Waals surface area contributed by atoms with Crippen LogP contribution in [0.2, 0.25) is 5.02 Å². The number of ether oxygens (including phenoxy) is 1. The first-order chi connectivity index (χ1) is 10.8. The second-order valence-corrected chi connectivity index (χ2v) is 5.36.